The van der Waals surface area contributed by atoms with Crippen LogP contribution in [-0.4, -0.2) is 6.54 Å². The van der Waals surface area contributed by atoms with Crippen molar-refractivity contribution >= 4 is 12.4 Å². The topological polar surface area (TPSA) is 12.0 Å². The molecular weight excluding hydrogens is 254 g/mol. The van der Waals surface area contributed by atoms with Crippen LogP contribution in [0.5, 0.6) is 0 Å². The molecule has 0 radical (unpaired) electrons. The van der Waals surface area contributed by atoms with Crippen molar-refractivity contribution in [2.75, 3.05) is 6.54 Å². The molecule has 0 amide bonds. The largest absolute Gasteiger partial charge is 0.310 e. The van der Waals surface area contributed by atoms with Crippen LogP contribution in [0.25, 0.3) is 0 Å². The zero-order chi connectivity index (χ0) is 12.8. The van der Waals surface area contributed by atoms with E-state index in [1.807, 2.05) is 0 Å². The van der Waals surface area contributed by atoms with Crippen LogP contribution in [0, 0.1) is 0 Å². The van der Waals surface area contributed by atoms with Gasteiger partial charge in [-0.2, -0.15) is 0 Å². The van der Waals surface area contributed by atoms with E-state index < -0.39 is 0 Å². The van der Waals surface area contributed by atoms with Crippen molar-refractivity contribution in [3.05, 3.63) is 71.8 Å². The average Bonchev–Trinajstić information content (AvgIpc) is 2.46. The lowest BCUT2D eigenvalue weighted by Gasteiger charge is -2.25. The fraction of sp³-hybridized carbons (Fsp3) is 0.294. The van der Waals surface area contributed by atoms with Gasteiger partial charge in [0.1, 0.15) is 0 Å². The Kier molecular flexibility index (Phi) is 6.61. The molecule has 0 saturated carbocycles. The lowest BCUT2D eigenvalue weighted by atomic mass is 9.88. The fourth-order valence-corrected chi connectivity index (χ4v) is 2.41. The highest BCUT2D eigenvalue weighted by Gasteiger charge is 2.19. The summed E-state index contributed by atoms with van der Waals surface area (Å²) >= 11 is 0. The molecule has 2 aromatic carbocycles. The van der Waals surface area contributed by atoms with Gasteiger partial charge in [0.05, 0.1) is 0 Å². The Bertz CT molecular complexity index is 455. The van der Waals surface area contributed by atoms with E-state index in [-0.39, 0.29) is 12.4 Å². The first-order valence-electron chi connectivity index (χ1n) is 6.66. The van der Waals surface area contributed by atoms with E-state index in [1.54, 1.807) is 0 Å². The van der Waals surface area contributed by atoms with E-state index >= 15 is 0 Å². The van der Waals surface area contributed by atoms with Gasteiger partial charge in [0.15, 0.2) is 0 Å². The summed E-state index contributed by atoms with van der Waals surface area (Å²) < 4.78 is 0. The maximum Gasteiger partial charge on any atom is 0.0386 e. The second-order valence-electron chi connectivity index (χ2n) is 4.65. The van der Waals surface area contributed by atoms with Gasteiger partial charge in [-0.1, -0.05) is 74.5 Å². The molecule has 2 heteroatoms. The Morgan fingerprint density at radius 2 is 1.32 bits per heavy atom. The molecule has 2 unspecified atom stereocenters. The molecule has 2 rings (SSSR count). The first-order valence-corrected chi connectivity index (χ1v) is 6.66. The highest BCUT2D eigenvalue weighted by molar-refractivity contribution is 5.85. The minimum absolute atomic E-state index is 0. The van der Waals surface area contributed by atoms with E-state index in [0.717, 1.165) is 6.54 Å². The third kappa shape index (κ3) is 4.09. The summed E-state index contributed by atoms with van der Waals surface area (Å²) in [5.74, 6) is 0.466. The van der Waals surface area contributed by atoms with Crippen LogP contribution in [0.4, 0.5) is 0 Å². The Morgan fingerprint density at radius 3 is 1.79 bits per heavy atom. The van der Waals surface area contributed by atoms with Crippen LogP contribution in [0.2, 0.25) is 0 Å². The van der Waals surface area contributed by atoms with Crippen molar-refractivity contribution < 1.29 is 0 Å². The maximum absolute atomic E-state index is 3.60. The quantitative estimate of drug-likeness (QED) is 0.843. The monoisotopic (exact) mass is 275 g/mol. The average molecular weight is 276 g/mol. The van der Waals surface area contributed by atoms with Gasteiger partial charge in [0.2, 0.25) is 0 Å². The van der Waals surface area contributed by atoms with Gasteiger partial charge in [-0.25, -0.2) is 0 Å². The third-order valence-corrected chi connectivity index (χ3v) is 3.41. The van der Waals surface area contributed by atoms with Gasteiger partial charge in [0, 0.05) is 12.0 Å². The van der Waals surface area contributed by atoms with Gasteiger partial charge in [0.25, 0.3) is 0 Å². The van der Waals surface area contributed by atoms with Crippen molar-refractivity contribution in [3.8, 4) is 0 Å². The summed E-state index contributed by atoms with van der Waals surface area (Å²) in [6.45, 7) is 5.43. The summed E-state index contributed by atoms with van der Waals surface area (Å²) in [5.41, 5.74) is 2.74. The minimum Gasteiger partial charge on any atom is -0.310 e. The molecule has 0 aliphatic rings. The zero-order valence-corrected chi connectivity index (χ0v) is 12.4. The number of rotatable bonds is 5. The number of likely N-dealkylation sites (N-methyl/N-ethyl adjacent to an activating group) is 1. The van der Waals surface area contributed by atoms with E-state index in [4.69, 9.17) is 0 Å². The molecule has 0 saturated heterocycles. The predicted molar refractivity (Wildman–Crippen MR) is 85.0 cm³/mol. The Morgan fingerprint density at radius 1 is 0.842 bits per heavy atom. The van der Waals surface area contributed by atoms with Gasteiger partial charge in [-0.15, -0.1) is 12.4 Å². The van der Waals surface area contributed by atoms with E-state index in [1.165, 1.54) is 11.1 Å². The summed E-state index contributed by atoms with van der Waals surface area (Å²) in [5, 5.41) is 3.60. The standard InChI is InChI=1S/C17H21N.ClH/c1-3-18-17(16-12-8-5-9-13-16)14(2)15-10-6-4-7-11-15;/h4-14,17-18H,3H2,1-2H3;1H. The summed E-state index contributed by atoms with van der Waals surface area (Å²) in [6, 6.07) is 21.8. The van der Waals surface area contributed by atoms with Crippen molar-refractivity contribution in [3.63, 3.8) is 0 Å². The lowest BCUT2D eigenvalue weighted by Crippen LogP contribution is -2.25. The lowest BCUT2D eigenvalue weighted by molar-refractivity contribution is 0.479. The number of nitrogens with one attached hydrogen (secondary N) is 1. The van der Waals surface area contributed by atoms with Gasteiger partial charge in [-0.3, -0.25) is 0 Å². The van der Waals surface area contributed by atoms with Gasteiger partial charge in [-0.05, 0) is 17.7 Å². The Balaban J connectivity index is 0.00000180. The van der Waals surface area contributed by atoms with E-state index in [2.05, 4.69) is 79.8 Å². The second-order valence-corrected chi connectivity index (χ2v) is 4.65. The highest BCUT2D eigenvalue weighted by atomic mass is 35.5. The Labute approximate surface area is 122 Å². The molecule has 2 aromatic rings. The highest BCUT2D eigenvalue weighted by Crippen LogP contribution is 2.30. The molecule has 19 heavy (non-hydrogen) atoms. The number of halogens is 1. The molecule has 0 aromatic heterocycles. The van der Waals surface area contributed by atoms with Crippen LogP contribution < -0.4 is 5.32 Å². The van der Waals surface area contributed by atoms with Crippen LogP contribution in [0.1, 0.15) is 36.9 Å². The van der Waals surface area contributed by atoms with Crippen molar-refractivity contribution in [1.82, 2.24) is 5.32 Å². The minimum atomic E-state index is 0. The second kappa shape index (κ2) is 7.98. The summed E-state index contributed by atoms with van der Waals surface area (Å²) in [7, 11) is 0. The first-order chi connectivity index (χ1) is 8.83. The normalized spacial score (nSPS) is 13.4. The molecule has 0 aliphatic carbocycles. The van der Waals surface area contributed by atoms with Gasteiger partial charge < -0.3 is 5.32 Å². The predicted octanol–water partition coefficient (Wildman–Crippen LogP) is 4.56. The number of benzene rings is 2. The molecule has 0 spiro atoms. The van der Waals surface area contributed by atoms with E-state index in [0.29, 0.717) is 12.0 Å². The molecular formula is C17H22ClN. The molecule has 102 valence electrons. The molecule has 0 bridgehead atoms. The van der Waals surface area contributed by atoms with Crippen LogP contribution in [0.15, 0.2) is 60.7 Å². The maximum atomic E-state index is 3.60. The van der Waals surface area contributed by atoms with Crippen LogP contribution in [-0.2, 0) is 0 Å². The third-order valence-electron chi connectivity index (χ3n) is 3.41. The SMILES string of the molecule is CCNC(c1ccccc1)C(C)c1ccccc1.Cl. The zero-order valence-electron chi connectivity index (χ0n) is 11.5. The van der Waals surface area contributed by atoms with Crippen LogP contribution in [0.3, 0.4) is 0 Å². The summed E-state index contributed by atoms with van der Waals surface area (Å²) in [4.78, 5) is 0. The van der Waals surface area contributed by atoms with Crippen molar-refractivity contribution in [1.29, 1.82) is 0 Å². The smallest absolute Gasteiger partial charge is 0.0386 e. The molecule has 1 N–H and O–H groups in total. The number of hydrogen-bond donors (Lipinski definition) is 1. The van der Waals surface area contributed by atoms with Crippen LogP contribution >= 0.6 is 12.4 Å². The number of hydrogen-bond acceptors (Lipinski definition) is 1. The fourth-order valence-electron chi connectivity index (χ4n) is 2.41. The molecule has 0 fully saturated rings. The van der Waals surface area contributed by atoms with Crippen molar-refractivity contribution in [2.45, 2.75) is 25.8 Å². The summed E-state index contributed by atoms with van der Waals surface area (Å²) in [6.07, 6.45) is 0. The Hall–Kier alpha value is -1.31. The first kappa shape index (κ1) is 15.7. The van der Waals surface area contributed by atoms with Gasteiger partial charge >= 0.3 is 0 Å². The van der Waals surface area contributed by atoms with E-state index in [9.17, 15) is 0 Å². The molecule has 0 heterocycles. The molecule has 1 nitrogen and oxygen atoms in total. The molecule has 0 aliphatic heterocycles. The van der Waals surface area contributed by atoms with Crippen molar-refractivity contribution in [2.24, 2.45) is 0 Å². The molecule has 2 atom stereocenters.